The van der Waals surface area contributed by atoms with Gasteiger partial charge in [-0.15, -0.1) is 0 Å². The van der Waals surface area contributed by atoms with E-state index in [4.69, 9.17) is 5.11 Å². The number of nitrogens with one attached hydrogen (secondary N) is 2. The third kappa shape index (κ3) is 2.96. The fourth-order valence-corrected chi connectivity index (χ4v) is 2.39. The number of carbonyl (C=O) groups is 1. The Morgan fingerprint density at radius 3 is 2.84 bits per heavy atom. The Balaban J connectivity index is 2.17. The molecule has 0 aliphatic heterocycles. The number of aryl methyl sites for hydroxylation is 1. The number of rotatable bonds is 6. The van der Waals surface area contributed by atoms with E-state index in [2.05, 4.69) is 16.4 Å². The van der Waals surface area contributed by atoms with Gasteiger partial charge >= 0.3 is 5.97 Å². The van der Waals surface area contributed by atoms with E-state index in [1.165, 1.54) is 0 Å². The van der Waals surface area contributed by atoms with Gasteiger partial charge in [0.25, 0.3) is 0 Å². The molecule has 4 heteroatoms. The maximum Gasteiger partial charge on any atom is 0.320 e. The largest absolute Gasteiger partial charge is 0.480 e. The summed E-state index contributed by atoms with van der Waals surface area (Å²) in [5.41, 5.74) is 3.34. The smallest absolute Gasteiger partial charge is 0.320 e. The van der Waals surface area contributed by atoms with Crippen molar-refractivity contribution in [3.63, 3.8) is 0 Å². The number of aromatic amines is 1. The monoisotopic (exact) mass is 260 g/mol. The summed E-state index contributed by atoms with van der Waals surface area (Å²) < 4.78 is 0. The van der Waals surface area contributed by atoms with Gasteiger partial charge in [0.15, 0.2) is 0 Å². The zero-order valence-corrected chi connectivity index (χ0v) is 11.4. The fraction of sp³-hybridized carbons (Fsp3) is 0.400. The first-order chi connectivity index (χ1) is 9.13. The second-order valence-electron chi connectivity index (χ2n) is 4.83. The molecule has 1 atom stereocenters. The summed E-state index contributed by atoms with van der Waals surface area (Å²) in [4.78, 5) is 14.5. The number of carboxylic acids is 1. The van der Waals surface area contributed by atoms with Gasteiger partial charge in [-0.2, -0.15) is 0 Å². The van der Waals surface area contributed by atoms with Gasteiger partial charge in [-0.05, 0) is 25.0 Å². The van der Waals surface area contributed by atoms with Gasteiger partial charge in [-0.1, -0.05) is 31.5 Å². The zero-order valence-electron chi connectivity index (χ0n) is 11.4. The van der Waals surface area contributed by atoms with Crippen molar-refractivity contribution >= 4 is 16.9 Å². The van der Waals surface area contributed by atoms with Crippen LogP contribution in [-0.4, -0.2) is 22.1 Å². The molecule has 19 heavy (non-hydrogen) atoms. The summed E-state index contributed by atoms with van der Waals surface area (Å²) >= 11 is 0. The van der Waals surface area contributed by atoms with Crippen LogP contribution >= 0.6 is 0 Å². The number of hydrogen-bond acceptors (Lipinski definition) is 2. The molecule has 0 aliphatic carbocycles. The number of aromatic nitrogens is 1. The van der Waals surface area contributed by atoms with E-state index in [0.717, 1.165) is 28.6 Å². The van der Waals surface area contributed by atoms with E-state index in [0.29, 0.717) is 13.0 Å². The van der Waals surface area contributed by atoms with Crippen LogP contribution in [0.3, 0.4) is 0 Å². The Morgan fingerprint density at radius 2 is 2.16 bits per heavy atom. The highest BCUT2D eigenvalue weighted by Crippen LogP contribution is 2.21. The minimum atomic E-state index is -0.778. The van der Waals surface area contributed by atoms with Crippen LogP contribution in [0.1, 0.15) is 31.0 Å². The van der Waals surface area contributed by atoms with E-state index < -0.39 is 12.0 Å². The van der Waals surface area contributed by atoms with E-state index in [1.807, 2.05) is 32.0 Å². The van der Waals surface area contributed by atoms with Crippen LogP contribution in [0.4, 0.5) is 0 Å². The Morgan fingerprint density at radius 1 is 1.42 bits per heavy atom. The average molecular weight is 260 g/mol. The predicted molar refractivity (Wildman–Crippen MR) is 76.2 cm³/mol. The Hall–Kier alpha value is -1.81. The highest BCUT2D eigenvalue weighted by atomic mass is 16.4. The summed E-state index contributed by atoms with van der Waals surface area (Å²) in [5, 5.41) is 13.4. The van der Waals surface area contributed by atoms with Gasteiger partial charge in [-0.25, -0.2) is 0 Å². The second kappa shape index (κ2) is 5.89. The SMILES string of the molecule is CCCC(NCc1c(C)[nH]c2ccccc12)C(=O)O. The molecule has 1 aromatic carbocycles. The molecule has 0 bridgehead atoms. The van der Waals surface area contributed by atoms with Crippen LogP contribution in [0, 0.1) is 6.92 Å². The number of fused-ring (bicyclic) bond motifs is 1. The first kappa shape index (κ1) is 13.6. The predicted octanol–water partition coefficient (Wildman–Crippen LogP) is 2.82. The van der Waals surface area contributed by atoms with Crippen LogP contribution in [0.15, 0.2) is 24.3 Å². The van der Waals surface area contributed by atoms with Crippen molar-refractivity contribution in [2.24, 2.45) is 0 Å². The lowest BCUT2D eigenvalue weighted by Gasteiger charge is -2.13. The molecule has 1 heterocycles. The maximum absolute atomic E-state index is 11.1. The maximum atomic E-state index is 11.1. The molecule has 0 saturated carbocycles. The van der Waals surface area contributed by atoms with Crippen LogP contribution in [0.25, 0.3) is 10.9 Å². The minimum absolute atomic E-state index is 0.474. The van der Waals surface area contributed by atoms with Gasteiger partial charge < -0.3 is 15.4 Å². The first-order valence-corrected chi connectivity index (χ1v) is 6.65. The molecule has 0 aliphatic rings. The van der Waals surface area contributed by atoms with E-state index in [1.54, 1.807) is 0 Å². The molecule has 4 nitrogen and oxygen atoms in total. The molecule has 0 spiro atoms. The summed E-state index contributed by atoms with van der Waals surface area (Å²) in [6.07, 6.45) is 1.51. The standard InChI is InChI=1S/C15H20N2O2/c1-3-6-14(15(18)19)16-9-12-10(2)17-13-8-5-4-7-11(12)13/h4-5,7-8,14,16-17H,3,6,9H2,1-2H3,(H,18,19). The van der Waals surface area contributed by atoms with Gasteiger partial charge in [-0.3, -0.25) is 4.79 Å². The van der Waals surface area contributed by atoms with Crippen LogP contribution in [0.2, 0.25) is 0 Å². The Labute approximate surface area is 112 Å². The molecular weight excluding hydrogens is 240 g/mol. The van der Waals surface area contributed by atoms with Gasteiger partial charge in [0.05, 0.1) is 0 Å². The number of carboxylic acid groups (broad SMARTS) is 1. The highest BCUT2D eigenvalue weighted by Gasteiger charge is 2.16. The van der Waals surface area contributed by atoms with E-state index >= 15 is 0 Å². The van der Waals surface area contributed by atoms with Crippen molar-refractivity contribution in [3.8, 4) is 0 Å². The molecule has 2 aromatic rings. The number of hydrogen-bond donors (Lipinski definition) is 3. The van der Waals surface area contributed by atoms with Crippen molar-refractivity contribution in [1.29, 1.82) is 0 Å². The van der Waals surface area contributed by atoms with Crippen molar-refractivity contribution < 1.29 is 9.90 Å². The van der Waals surface area contributed by atoms with Crippen molar-refractivity contribution in [1.82, 2.24) is 10.3 Å². The molecule has 1 aromatic heterocycles. The summed E-state index contributed by atoms with van der Waals surface area (Å²) in [6, 6.07) is 7.61. The van der Waals surface area contributed by atoms with Crippen molar-refractivity contribution in [3.05, 3.63) is 35.5 Å². The van der Waals surface area contributed by atoms with Crippen LogP contribution < -0.4 is 5.32 Å². The number of para-hydroxylation sites is 1. The molecule has 3 N–H and O–H groups in total. The summed E-state index contributed by atoms with van der Waals surface area (Å²) in [7, 11) is 0. The van der Waals surface area contributed by atoms with Crippen LogP contribution in [-0.2, 0) is 11.3 Å². The van der Waals surface area contributed by atoms with Crippen molar-refractivity contribution in [2.45, 2.75) is 39.3 Å². The van der Waals surface area contributed by atoms with Crippen LogP contribution in [0.5, 0.6) is 0 Å². The molecule has 0 saturated heterocycles. The average Bonchev–Trinajstić information content (AvgIpc) is 2.70. The topological polar surface area (TPSA) is 65.1 Å². The molecule has 102 valence electrons. The lowest BCUT2D eigenvalue weighted by atomic mass is 10.1. The number of benzene rings is 1. The van der Waals surface area contributed by atoms with Gasteiger partial charge in [0.1, 0.15) is 6.04 Å². The highest BCUT2D eigenvalue weighted by molar-refractivity contribution is 5.84. The minimum Gasteiger partial charge on any atom is -0.480 e. The lowest BCUT2D eigenvalue weighted by molar-refractivity contribution is -0.139. The van der Waals surface area contributed by atoms with Crippen molar-refractivity contribution in [2.75, 3.05) is 0 Å². The van der Waals surface area contributed by atoms with E-state index in [9.17, 15) is 4.79 Å². The quantitative estimate of drug-likeness (QED) is 0.748. The molecule has 0 radical (unpaired) electrons. The molecular formula is C15H20N2O2. The third-order valence-electron chi connectivity index (χ3n) is 3.43. The van der Waals surface area contributed by atoms with E-state index in [-0.39, 0.29) is 0 Å². The summed E-state index contributed by atoms with van der Waals surface area (Å²) in [6.45, 7) is 4.59. The molecule has 1 unspecified atom stereocenters. The molecule has 2 rings (SSSR count). The third-order valence-corrected chi connectivity index (χ3v) is 3.43. The Kier molecular flexibility index (Phi) is 4.22. The van der Waals surface area contributed by atoms with Gasteiger partial charge in [0.2, 0.25) is 0 Å². The molecule has 0 fully saturated rings. The summed E-state index contributed by atoms with van der Waals surface area (Å²) in [5.74, 6) is -0.778. The first-order valence-electron chi connectivity index (χ1n) is 6.65. The molecule has 0 amide bonds. The fourth-order valence-electron chi connectivity index (χ4n) is 2.39. The van der Waals surface area contributed by atoms with Gasteiger partial charge in [0, 0.05) is 23.1 Å². The number of aliphatic carboxylic acids is 1. The lowest BCUT2D eigenvalue weighted by Crippen LogP contribution is -2.36. The normalized spacial score (nSPS) is 12.7. The number of H-pyrrole nitrogens is 1. The Bertz CT molecular complexity index is 575. The second-order valence-corrected chi connectivity index (χ2v) is 4.83. The zero-order chi connectivity index (χ0) is 13.8.